The first-order valence-electron chi connectivity index (χ1n) is 26.2. The average molecular weight is 1020 g/mol. The summed E-state index contributed by atoms with van der Waals surface area (Å²) < 4.78 is 66.8. The van der Waals surface area contributed by atoms with E-state index in [0.717, 1.165) is 109 Å². The number of phosphoric ester groups is 2. The van der Waals surface area contributed by atoms with E-state index >= 15 is 0 Å². The number of rotatable bonds is 49. The summed E-state index contributed by atoms with van der Waals surface area (Å²) in [6, 6.07) is 0. The number of unbranched alkanes of at least 4 members (excludes halogenated alkanes) is 20. The van der Waals surface area contributed by atoms with Gasteiger partial charge in [-0.3, -0.25) is 37.3 Å². The molecule has 402 valence electrons. The van der Waals surface area contributed by atoms with Crippen molar-refractivity contribution in [3.8, 4) is 0 Å². The van der Waals surface area contributed by atoms with Gasteiger partial charge in [0.15, 0.2) is 12.2 Å². The second-order valence-corrected chi connectivity index (χ2v) is 21.0. The average Bonchev–Trinajstić information content (AvgIpc) is 3.30. The topological polar surface area (TPSA) is 237 Å². The number of hydrogen-bond acceptors (Lipinski definition) is 15. The van der Waals surface area contributed by atoms with E-state index in [0.29, 0.717) is 25.7 Å². The van der Waals surface area contributed by atoms with E-state index in [2.05, 4.69) is 34.6 Å². The van der Waals surface area contributed by atoms with Crippen LogP contribution < -0.4 is 0 Å². The standard InChI is InChI=1S/C49H94O17P2/c1-6-10-13-16-17-18-24-28-33-47(52)60-39-45(66-49(54)35-30-25-20-19-23-26-31-42(5)9-4)41-64-68(57,58)62-37-43(50)36-61-67(55,56)63-40-44(65-48(53)34-29-22-15-12-8-3)38-59-46(51)32-27-21-14-11-7-2/h42-45,50H,6-41H2,1-5H3,(H,55,56)(H,57,58)/t42?,43-,44+,45+/m0/s1. The third-order valence-electron chi connectivity index (χ3n) is 11.4. The Morgan fingerprint density at radius 2 is 0.706 bits per heavy atom. The van der Waals surface area contributed by atoms with Crippen molar-refractivity contribution in [1.82, 2.24) is 0 Å². The van der Waals surface area contributed by atoms with Gasteiger partial charge in [-0.2, -0.15) is 0 Å². The summed E-state index contributed by atoms with van der Waals surface area (Å²) in [6.07, 6.45) is 22.0. The van der Waals surface area contributed by atoms with Crippen molar-refractivity contribution in [3.63, 3.8) is 0 Å². The van der Waals surface area contributed by atoms with E-state index < -0.39 is 97.5 Å². The van der Waals surface area contributed by atoms with Gasteiger partial charge in [0.05, 0.1) is 26.4 Å². The summed E-state index contributed by atoms with van der Waals surface area (Å²) in [4.78, 5) is 70.9. The summed E-state index contributed by atoms with van der Waals surface area (Å²) in [5.41, 5.74) is 0. The fourth-order valence-electron chi connectivity index (χ4n) is 6.90. The Bertz CT molecular complexity index is 1370. The molecular formula is C49H94O17P2. The molecule has 17 nitrogen and oxygen atoms in total. The number of aliphatic hydroxyl groups is 1. The van der Waals surface area contributed by atoms with Gasteiger partial charge in [0.2, 0.25) is 0 Å². The van der Waals surface area contributed by atoms with Gasteiger partial charge in [0.25, 0.3) is 0 Å². The summed E-state index contributed by atoms with van der Waals surface area (Å²) in [5.74, 6) is -1.46. The Kier molecular flexibility index (Phi) is 42.6. The van der Waals surface area contributed by atoms with Gasteiger partial charge in [0, 0.05) is 25.7 Å². The van der Waals surface area contributed by atoms with Crippen molar-refractivity contribution in [2.24, 2.45) is 5.92 Å². The zero-order chi connectivity index (χ0) is 50.7. The monoisotopic (exact) mass is 1020 g/mol. The lowest BCUT2D eigenvalue weighted by molar-refractivity contribution is -0.161. The minimum atomic E-state index is -4.92. The molecule has 0 rings (SSSR count). The van der Waals surface area contributed by atoms with Gasteiger partial charge >= 0.3 is 39.5 Å². The van der Waals surface area contributed by atoms with E-state index in [1.165, 1.54) is 38.5 Å². The van der Waals surface area contributed by atoms with Crippen molar-refractivity contribution < 1.29 is 80.2 Å². The Balaban J connectivity index is 5.16. The molecule has 6 atom stereocenters. The lowest BCUT2D eigenvalue weighted by Crippen LogP contribution is -2.30. The number of carbonyl (C=O) groups is 4. The van der Waals surface area contributed by atoms with E-state index in [-0.39, 0.29) is 25.7 Å². The first kappa shape index (κ1) is 66.1. The van der Waals surface area contributed by atoms with Crippen LogP contribution >= 0.6 is 15.6 Å². The molecule has 0 aromatic rings. The summed E-state index contributed by atoms with van der Waals surface area (Å²) in [5, 5.41) is 10.4. The minimum Gasteiger partial charge on any atom is -0.462 e. The molecule has 0 fully saturated rings. The van der Waals surface area contributed by atoms with E-state index in [9.17, 15) is 43.2 Å². The van der Waals surface area contributed by atoms with Crippen LogP contribution in [0, 0.1) is 5.92 Å². The van der Waals surface area contributed by atoms with Crippen LogP contribution in [0.4, 0.5) is 0 Å². The summed E-state index contributed by atoms with van der Waals surface area (Å²) in [6.45, 7) is 6.81. The van der Waals surface area contributed by atoms with Crippen LogP contribution in [-0.4, -0.2) is 96.7 Å². The van der Waals surface area contributed by atoms with E-state index in [1.54, 1.807) is 0 Å². The zero-order valence-electron chi connectivity index (χ0n) is 42.7. The van der Waals surface area contributed by atoms with Crippen molar-refractivity contribution in [2.45, 2.75) is 246 Å². The molecule has 0 aliphatic carbocycles. The predicted molar refractivity (Wildman–Crippen MR) is 262 cm³/mol. The fraction of sp³-hybridized carbons (Fsp3) is 0.918. The molecule has 0 aromatic heterocycles. The molecular weight excluding hydrogens is 922 g/mol. The van der Waals surface area contributed by atoms with Crippen LogP contribution in [0.2, 0.25) is 0 Å². The number of ether oxygens (including phenoxy) is 4. The smallest absolute Gasteiger partial charge is 0.462 e. The van der Waals surface area contributed by atoms with Gasteiger partial charge in [-0.25, -0.2) is 9.13 Å². The van der Waals surface area contributed by atoms with Crippen LogP contribution in [0.15, 0.2) is 0 Å². The second-order valence-electron chi connectivity index (χ2n) is 18.1. The van der Waals surface area contributed by atoms with Gasteiger partial charge in [-0.05, 0) is 31.6 Å². The quantitative estimate of drug-likeness (QED) is 0.0222. The summed E-state index contributed by atoms with van der Waals surface area (Å²) >= 11 is 0. The minimum absolute atomic E-state index is 0.0984. The van der Waals surface area contributed by atoms with Crippen molar-refractivity contribution in [2.75, 3.05) is 39.6 Å². The van der Waals surface area contributed by atoms with Gasteiger partial charge in [0.1, 0.15) is 19.3 Å². The van der Waals surface area contributed by atoms with Crippen LogP contribution in [-0.2, 0) is 65.4 Å². The molecule has 0 aromatic carbocycles. The summed E-state index contributed by atoms with van der Waals surface area (Å²) in [7, 11) is -9.83. The SMILES string of the molecule is CCCCCCCCCCC(=O)OC[C@H](COP(=O)(O)OC[C@@H](O)COP(=O)(O)OC[C@@H](COC(=O)CCCCCCC)OC(=O)CCCCCCC)OC(=O)CCCCCCCCC(C)CC. The molecule has 3 unspecified atom stereocenters. The number of phosphoric acid groups is 2. The maximum Gasteiger partial charge on any atom is 0.472 e. The highest BCUT2D eigenvalue weighted by molar-refractivity contribution is 7.47. The molecule has 0 amide bonds. The van der Waals surface area contributed by atoms with Crippen molar-refractivity contribution in [1.29, 1.82) is 0 Å². The Morgan fingerprint density at radius 1 is 0.412 bits per heavy atom. The van der Waals surface area contributed by atoms with Crippen molar-refractivity contribution in [3.05, 3.63) is 0 Å². The predicted octanol–water partition coefficient (Wildman–Crippen LogP) is 11.9. The Hall–Kier alpha value is -1.94. The highest BCUT2D eigenvalue weighted by Gasteiger charge is 2.30. The van der Waals surface area contributed by atoms with E-state index in [1.807, 2.05) is 0 Å². The molecule has 0 saturated carbocycles. The lowest BCUT2D eigenvalue weighted by Gasteiger charge is -2.21. The number of carbonyl (C=O) groups excluding carboxylic acids is 4. The fourth-order valence-corrected chi connectivity index (χ4v) is 8.48. The normalized spacial score (nSPS) is 15.1. The number of esters is 4. The molecule has 0 saturated heterocycles. The Morgan fingerprint density at radius 3 is 1.04 bits per heavy atom. The first-order valence-corrected chi connectivity index (χ1v) is 29.2. The van der Waals surface area contributed by atoms with Crippen LogP contribution in [0.5, 0.6) is 0 Å². The molecule has 0 bridgehead atoms. The molecule has 0 radical (unpaired) electrons. The van der Waals surface area contributed by atoms with Gasteiger partial charge < -0.3 is 33.8 Å². The maximum atomic E-state index is 12.8. The van der Waals surface area contributed by atoms with Crippen LogP contribution in [0.25, 0.3) is 0 Å². The maximum absolute atomic E-state index is 12.8. The molecule has 68 heavy (non-hydrogen) atoms. The van der Waals surface area contributed by atoms with Gasteiger partial charge in [-0.1, -0.05) is 176 Å². The molecule has 0 aliphatic rings. The van der Waals surface area contributed by atoms with E-state index in [4.69, 9.17) is 37.0 Å². The van der Waals surface area contributed by atoms with Crippen LogP contribution in [0.3, 0.4) is 0 Å². The van der Waals surface area contributed by atoms with Crippen molar-refractivity contribution >= 4 is 39.5 Å². The number of aliphatic hydroxyl groups excluding tert-OH is 1. The molecule has 19 heteroatoms. The largest absolute Gasteiger partial charge is 0.472 e. The number of hydrogen-bond donors (Lipinski definition) is 3. The molecule has 0 spiro atoms. The van der Waals surface area contributed by atoms with Crippen LogP contribution in [0.1, 0.15) is 227 Å². The third-order valence-corrected chi connectivity index (χ3v) is 13.3. The second kappa shape index (κ2) is 43.8. The highest BCUT2D eigenvalue weighted by atomic mass is 31.2. The highest BCUT2D eigenvalue weighted by Crippen LogP contribution is 2.45. The molecule has 0 heterocycles. The van der Waals surface area contributed by atoms with Gasteiger partial charge in [-0.15, -0.1) is 0 Å². The molecule has 3 N–H and O–H groups in total. The molecule has 0 aliphatic heterocycles. The zero-order valence-corrected chi connectivity index (χ0v) is 44.5. The Labute approximate surface area is 409 Å². The third kappa shape index (κ3) is 42.9. The first-order chi connectivity index (χ1) is 32.6. The lowest BCUT2D eigenvalue weighted by atomic mass is 10.00.